The van der Waals surface area contributed by atoms with E-state index in [1.54, 1.807) is 36.6 Å². The van der Waals surface area contributed by atoms with Crippen LogP contribution in [0.5, 0.6) is 0 Å². The fourth-order valence-electron chi connectivity index (χ4n) is 3.02. The molecule has 0 spiro atoms. The molecule has 1 fully saturated rings. The van der Waals surface area contributed by atoms with Gasteiger partial charge in [-0.2, -0.15) is 5.10 Å². The number of halogens is 1. The van der Waals surface area contributed by atoms with Gasteiger partial charge in [-0.1, -0.05) is 30.3 Å². The molecule has 2 heterocycles. The molecule has 3 aromatic rings. The summed E-state index contributed by atoms with van der Waals surface area (Å²) in [6, 6.07) is 17.7. The standard InChI is InChI=1S/C24H21FN4O2S/c1-28(2)19-11-9-17(10-12-19)14-22-23(30)29(16-20-7-5-13-31-20)24(32-22)27-26-15-18-6-3-4-8-21(18)25/h3-15H,16H2,1-2H3/b22-14-,26-15+,27-24-. The van der Waals surface area contributed by atoms with E-state index in [9.17, 15) is 9.18 Å². The molecule has 6 nitrogen and oxygen atoms in total. The van der Waals surface area contributed by atoms with Gasteiger partial charge in [-0.3, -0.25) is 9.69 Å². The number of furan rings is 1. The number of nitrogens with zero attached hydrogens (tertiary/aromatic N) is 4. The van der Waals surface area contributed by atoms with E-state index in [4.69, 9.17) is 4.42 Å². The van der Waals surface area contributed by atoms with Gasteiger partial charge in [-0.25, -0.2) is 4.39 Å². The molecule has 0 radical (unpaired) electrons. The maximum absolute atomic E-state index is 13.8. The summed E-state index contributed by atoms with van der Waals surface area (Å²) >= 11 is 1.22. The van der Waals surface area contributed by atoms with Gasteiger partial charge in [0.05, 0.1) is 23.9 Å². The van der Waals surface area contributed by atoms with Gasteiger partial charge in [0.1, 0.15) is 11.6 Å². The average molecular weight is 449 g/mol. The van der Waals surface area contributed by atoms with Gasteiger partial charge in [0.25, 0.3) is 5.91 Å². The van der Waals surface area contributed by atoms with E-state index >= 15 is 0 Å². The Labute approximate surface area is 189 Å². The molecule has 4 rings (SSSR count). The fraction of sp³-hybridized carbons (Fsp3) is 0.125. The molecule has 162 valence electrons. The summed E-state index contributed by atoms with van der Waals surface area (Å²) in [5.74, 6) is 0.0463. The maximum atomic E-state index is 13.8. The van der Waals surface area contributed by atoms with Crippen LogP contribution in [0.2, 0.25) is 0 Å². The number of hydrogen-bond acceptors (Lipinski definition) is 6. The molecule has 1 aliphatic rings. The molecule has 0 saturated carbocycles. The van der Waals surface area contributed by atoms with Gasteiger partial charge in [-0.15, -0.1) is 5.10 Å². The third-order valence-electron chi connectivity index (χ3n) is 4.73. The Morgan fingerprint density at radius 2 is 1.88 bits per heavy atom. The molecular formula is C24H21FN4O2S. The molecule has 8 heteroatoms. The minimum atomic E-state index is -0.388. The SMILES string of the molecule is CN(C)c1ccc(/C=C2\S/C(=N\N=C\c3ccccc3F)N(Cc3ccco3)C2=O)cc1. The average Bonchev–Trinajstić information content (AvgIpc) is 3.40. The molecule has 1 saturated heterocycles. The highest BCUT2D eigenvalue weighted by atomic mass is 32.2. The lowest BCUT2D eigenvalue weighted by molar-refractivity contribution is -0.122. The fourth-order valence-corrected chi connectivity index (χ4v) is 3.96. The van der Waals surface area contributed by atoms with E-state index < -0.39 is 0 Å². The first-order valence-electron chi connectivity index (χ1n) is 9.88. The Hall–Kier alpha value is -3.65. The molecule has 1 aromatic heterocycles. The number of hydrogen-bond donors (Lipinski definition) is 0. The summed E-state index contributed by atoms with van der Waals surface area (Å²) in [5, 5.41) is 8.61. The van der Waals surface area contributed by atoms with Gasteiger partial charge in [-0.05, 0) is 53.7 Å². The van der Waals surface area contributed by atoms with Gasteiger partial charge in [0.2, 0.25) is 0 Å². The summed E-state index contributed by atoms with van der Waals surface area (Å²) in [6.45, 7) is 0.226. The van der Waals surface area contributed by atoms with Crippen molar-refractivity contribution in [2.75, 3.05) is 19.0 Å². The zero-order chi connectivity index (χ0) is 22.5. The Morgan fingerprint density at radius 3 is 2.56 bits per heavy atom. The van der Waals surface area contributed by atoms with Crippen LogP contribution < -0.4 is 4.90 Å². The number of benzene rings is 2. The number of thioether (sulfide) groups is 1. The van der Waals surface area contributed by atoms with Crippen LogP contribution in [0, 0.1) is 5.82 Å². The van der Waals surface area contributed by atoms with Gasteiger partial charge in [0.15, 0.2) is 5.17 Å². The lowest BCUT2D eigenvalue weighted by Crippen LogP contribution is -2.28. The normalized spacial score (nSPS) is 16.6. The van der Waals surface area contributed by atoms with E-state index in [1.807, 2.05) is 49.3 Å². The molecule has 0 aliphatic carbocycles. The predicted octanol–water partition coefficient (Wildman–Crippen LogP) is 4.99. The quantitative estimate of drug-likeness (QED) is 0.303. The highest BCUT2D eigenvalue weighted by Gasteiger charge is 2.34. The van der Waals surface area contributed by atoms with Crippen molar-refractivity contribution >= 4 is 40.8 Å². The second kappa shape index (κ2) is 9.65. The van der Waals surface area contributed by atoms with E-state index in [0.29, 0.717) is 21.4 Å². The zero-order valence-electron chi connectivity index (χ0n) is 17.6. The molecular weight excluding hydrogens is 427 g/mol. The van der Waals surface area contributed by atoms with Crippen LogP contribution in [0.1, 0.15) is 16.9 Å². The summed E-state index contributed by atoms with van der Waals surface area (Å²) < 4.78 is 19.2. The molecule has 0 bridgehead atoms. The zero-order valence-corrected chi connectivity index (χ0v) is 18.4. The minimum Gasteiger partial charge on any atom is -0.467 e. The molecule has 1 aliphatic heterocycles. The number of rotatable bonds is 6. The van der Waals surface area contributed by atoms with Crippen molar-refractivity contribution in [3.63, 3.8) is 0 Å². The van der Waals surface area contributed by atoms with Crippen LogP contribution in [0.15, 0.2) is 86.5 Å². The van der Waals surface area contributed by atoms with E-state index in [0.717, 1.165) is 11.3 Å². The van der Waals surface area contributed by atoms with Crippen LogP contribution in [0.4, 0.5) is 10.1 Å². The van der Waals surface area contributed by atoms with E-state index in [-0.39, 0.29) is 18.3 Å². The Balaban J connectivity index is 1.61. The van der Waals surface area contributed by atoms with Crippen LogP contribution in [-0.2, 0) is 11.3 Å². The second-order valence-electron chi connectivity index (χ2n) is 7.22. The first kappa shape index (κ1) is 21.6. The van der Waals surface area contributed by atoms with Gasteiger partial charge >= 0.3 is 0 Å². The minimum absolute atomic E-state index is 0.192. The highest BCUT2D eigenvalue weighted by Crippen LogP contribution is 2.34. The number of carbonyl (C=O) groups excluding carboxylic acids is 1. The van der Waals surface area contributed by atoms with Crippen molar-refractivity contribution in [2.24, 2.45) is 10.2 Å². The highest BCUT2D eigenvalue weighted by molar-refractivity contribution is 8.18. The Kier molecular flexibility index (Phi) is 6.51. The first-order chi connectivity index (χ1) is 15.5. The number of carbonyl (C=O) groups is 1. The summed E-state index contributed by atoms with van der Waals surface area (Å²) in [6.07, 6.45) is 4.71. The molecule has 0 N–H and O–H groups in total. The maximum Gasteiger partial charge on any atom is 0.267 e. The van der Waals surface area contributed by atoms with Gasteiger partial charge < -0.3 is 9.32 Å². The monoisotopic (exact) mass is 448 g/mol. The van der Waals surface area contributed by atoms with Crippen molar-refractivity contribution in [3.05, 3.63) is 94.5 Å². The van der Waals surface area contributed by atoms with E-state index in [2.05, 4.69) is 10.2 Å². The predicted molar refractivity (Wildman–Crippen MR) is 127 cm³/mol. The Bertz CT molecular complexity index is 1180. The van der Waals surface area contributed by atoms with Crippen LogP contribution >= 0.6 is 11.8 Å². The van der Waals surface area contributed by atoms with Gasteiger partial charge in [0, 0.05) is 25.3 Å². The molecule has 1 amide bonds. The third kappa shape index (κ3) is 4.97. The molecule has 0 unspecified atom stereocenters. The van der Waals surface area contributed by atoms with Crippen LogP contribution in [0.25, 0.3) is 6.08 Å². The number of amidine groups is 1. The Morgan fingerprint density at radius 1 is 1.09 bits per heavy atom. The van der Waals surface area contributed by atoms with Crippen LogP contribution in [-0.4, -0.2) is 36.3 Å². The lowest BCUT2D eigenvalue weighted by atomic mass is 10.2. The third-order valence-corrected chi connectivity index (χ3v) is 5.73. The van der Waals surface area contributed by atoms with Crippen LogP contribution in [0.3, 0.4) is 0 Å². The number of anilines is 1. The van der Waals surface area contributed by atoms with Crippen molar-refractivity contribution in [1.29, 1.82) is 0 Å². The lowest BCUT2D eigenvalue weighted by Gasteiger charge is -2.12. The van der Waals surface area contributed by atoms with Crippen molar-refractivity contribution < 1.29 is 13.6 Å². The summed E-state index contributed by atoms with van der Waals surface area (Å²) in [4.78, 5) is 17.1. The molecule has 2 aromatic carbocycles. The smallest absolute Gasteiger partial charge is 0.267 e. The van der Waals surface area contributed by atoms with Crippen molar-refractivity contribution in [2.45, 2.75) is 6.54 Å². The van der Waals surface area contributed by atoms with Crippen molar-refractivity contribution in [1.82, 2.24) is 4.90 Å². The molecule has 32 heavy (non-hydrogen) atoms. The largest absolute Gasteiger partial charge is 0.467 e. The summed E-state index contributed by atoms with van der Waals surface area (Å²) in [7, 11) is 3.95. The number of amides is 1. The summed E-state index contributed by atoms with van der Waals surface area (Å²) in [5.41, 5.74) is 2.29. The van der Waals surface area contributed by atoms with E-state index in [1.165, 1.54) is 28.9 Å². The topological polar surface area (TPSA) is 61.4 Å². The first-order valence-corrected chi connectivity index (χ1v) is 10.7. The molecule has 0 atom stereocenters. The van der Waals surface area contributed by atoms with Crippen molar-refractivity contribution in [3.8, 4) is 0 Å². The second-order valence-corrected chi connectivity index (χ2v) is 8.23.